The molecule has 0 atom stereocenters. The van der Waals surface area contributed by atoms with Gasteiger partial charge in [0.25, 0.3) is 5.91 Å². The van der Waals surface area contributed by atoms with Crippen LogP contribution in [-0.2, 0) is 4.79 Å². The van der Waals surface area contributed by atoms with E-state index in [9.17, 15) is 18.4 Å². The first-order valence-corrected chi connectivity index (χ1v) is 9.19. The highest BCUT2D eigenvalue weighted by atomic mass is 19.3. The van der Waals surface area contributed by atoms with Crippen molar-refractivity contribution in [3.05, 3.63) is 30.2 Å². The van der Waals surface area contributed by atoms with Gasteiger partial charge in [-0.2, -0.15) is 8.78 Å². The highest BCUT2D eigenvalue weighted by Crippen LogP contribution is 2.27. The number of rotatable bonds is 10. The predicted octanol–water partition coefficient (Wildman–Crippen LogP) is 3.09. The van der Waals surface area contributed by atoms with Crippen LogP contribution >= 0.6 is 0 Å². The van der Waals surface area contributed by atoms with Gasteiger partial charge in [-0.05, 0) is 30.5 Å². The molecule has 4 N–H and O–H groups in total. The number of nitrogens with one attached hydrogen (secondary N) is 2. The van der Waals surface area contributed by atoms with Crippen molar-refractivity contribution < 1.29 is 23.1 Å². The van der Waals surface area contributed by atoms with Gasteiger partial charge in [-0.25, -0.2) is 0 Å². The van der Waals surface area contributed by atoms with Crippen LogP contribution in [0.15, 0.2) is 18.2 Å². The lowest BCUT2D eigenvalue weighted by Crippen LogP contribution is -2.29. The van der Waals surface area contributed by atoms with Crippen LogP contribution < -0.4 is 21.1 Å². The number of hydrogen-bond donors (Lipinski definition) is 3. The molecule has 0 spiro atoms. The van der Waals surface area contributed by atoms with Crippen molar-refractivity contribution in [3.63, 3.8) is 0 Å². The number of alkyl halides is 2. The molecule has 27 heavy (non-hydrogen) atoms. The number of benzene rings is 1. The number of carbonyl (C=O) groups excluding carboxylic acids is 2. The molecule has 8 heteroatoms. The number of hydrogen-bond acceptors (Lipinski definition) is 4. The van der Waals surface area contributed by atoms with E-state index in [0.717, 1.165) is 12.5 Å². The fourth-order valence-corrected chi connectivity index (χ4v) is 3.21. The SMILES string of the molecule is NC(=O)c1cc(OC(F)F)ccc1NCCNC(=O)[CH]CC1CCCCC1. The average molecular weight is 382 g/mol. The van der Waals surface area contributed by atoms with Crippen molar-refractivity contribution >= 4 is 17.5 Å². The summed E-state index contributed by atoms with van der Waals surface area (Å²) in [5, 5.41) is 5.75. The summed E-state index contributed by atoms with van der Waals surface area (Å²) in [4.78, 5) is 23.4. The zero-order valence-electron chi connectivity index (χ0n) is 15.2. The minimum absolute atomic E-state index is 0.0448. The standard InChI is InChI=1S/C19H26F2N3O3/c20-19(21)27-14-7-8-16(15(12-14)18(22)26)23-10-11-24-17(25)9-6-13-4-2-1-3-5-13/h7-9,12-13,19,23H,1-6,10-11H2,(H2,22,26)(H,24,25). The minimum Gasteiger partial charge on any atom is -0.435 e. The Morgan fingerprint density at radius 1 is 1.22 bits per heavy atom. The molecular weight excluding hydrogens is 356 g/mol. The van der Waals surface area contributed by atoms with Gasteiger partial charge in [-0.3, -0.25) is 9.59 Å². The molecule has 1 aliphatic rings. The average Bonchev–Trinajstić information content (AvgIpc) is 2.64. The molecule has 0 aromatic heterocycles. The van der Waals surface area contributed by atoms with Gasteiger partial charge < -0.3 is 21.1 Å². The Kier molecular flexibility index (Phi) is 8.29. The predicted molar refractivity (Wildman–Crippen MR) is 98.6 cm³/mol. The lowest BCUT2D eigenvalue weighted by molar-refractivity contribution is -0.118. The van der Waals surface area contributed by atoms with Crippen molar-refractivity contribution in [1.82, 2.24) is 5.32 Å². The van der Waals surface area contributed by atoms with E-state index >= 15 is 0 Å². The summed E-state index contributed by atoms with van der Waals surface area (Å²) in [6.45, 7) is -2.27. The first kappa shape index (κ1) is 20.9. The zero-order chi connectivity index (χ0) is 19.6. The molecular formula is C19H26F2N3O3. The largest absolute Gasteiger partial charge is 0.435 e. The van der Waals surface area contributed by atoms with Crippen LogP contribution in [0.4, 0.5) is 14.5 Å². The van der Waals surface area contributed by atoms with E-state index in [-0.39, 0.29) is 17.2 Å². The summed E-state index contributed by atoms with van der Waals surface area (Å²) < 4.78 is 28.8. The third kappa shape index (κ3) is 7.40. The lowest BCUT2D eigenvalue weighted by Gasteiger charge is -2.20. The quantitative estimate of drug-likeness (QED) is 0.542. The first-order chi connectivity index (χ1) is 13.0. The Bertz CT molecular complexity index is 635. The van der Waals surface area contributed by atoms with E-state index in [4.69, 9.17) is 5.73 Å². The topological polar surface area (TPSA) is 93.5 Å². The summed E-state index contributed by atoms with van der Waals surface area (Å²) in [5.74, 6) is -0.412. The van der Waals surface area contributed by atoms with Gasteiger partial charge in [-0.1, -0.05) is 32.1 Å². The van der Waals surface area contributed by atoms with Crippen LogP contribution in [0.2, 0.25) is 0 Å². The summed E-state index contributed by atoms with van der Waals surface area (Å²) in [7, 11) is 0. The van der Waals surface area contributed by atoms with Gasteiger partial charge >= 0.3 is 6.61 Å². The summed E-state index contributed by atoms with van der Waals surface area (Å²) in [5.41, 5.74) is 5.72. The molecule has 1 fully saturated rings. The van der Waals surface area contributed by atoms with Crippen molar-refractivity contribution in [3.8, 4) is 5.75 Å². The van der Waals surface area contributed by atoms with Crippen LogP contribution in [0, 0.1) is 12.3 Å². The molecule has 0 heterocycles. The number of ether oxygens (including phenoxy) is 1. The van der Waals surface area contributed by atoms with Crippen LogP contribution in [0.5, 0.6) is 5.75 Å². The molecule has 0 bridgehead atoms. The van der Waals surface area contributed by atoms with E-state index in [1.165, 1.54) is 44.2 Å². The Labute approximate surface area is 157 Å². The second-order valence-corrected chi connectivity index (χ2v) is 6.61. The van der Waals surface area contributed by atoms with Crippen LogP contribution in [0.3, 0.4) is 0 Å². The minimum atomic E-state index is -2.98. The maximum atomic E-state index is 12.3. The number of anilines is 1. The number of primary amides is 1. The highest BCUT2D eigenvalue weighted by Gasteiger charge is 2.15. The lowest BCUT2D eigenvalue weighted by atomic mass is 9.86. The van der Waals surface area contributed by atoms with E-state index in [2.05, 4.69) is 15.4 Å². The maximum Gasteiger partial charge on any atom is 0.387 e. The third-order valence-electron chi connectivity index (χ3n) is 4.58. The van der Waals surface area contributed by atoms with E-state index in [1.807, 2.05) is 0 Å². The number of nitrogens with two attached hydrogens (primary N) is 1. The van der Waals surface area contributed by atoms with Gasteiger partial charge in [0, 0.05) is 25.2 Å². The Balaban J connectivity index is 1.73. The van der Waals surface area contributed by atoms with Gasteiger partial charge in [0.05, 0.1) is 5.56 Å². The Hall–Kier alpha value is -2.38. The van der Waals surface area contributed by atoms with Crippen molar-refractivity contribution in [2.75, 3.05) is 18.4 Å². The normalized spacial score (nSPS) is 14.8. The maximum absolute atomic E-state index is 12.3. The molecule has 2 rings (SSSR count). The fourth-order valence-electron chi connectivity index (χ4n) is 3.21. The molecule has 0 saturated heterocycles. The van der Waals surface area contributed by atoms with Crippen molar-refractivity contribution in [1.29, 1.82) is 0 Å². The second-order valence-electron chi connectivity index (χ2n) is 6.61. The number of carbonyl (C=O) groups is 2. The monoisotopic (exact) mass is 382 g/mol. The summed E-state index contributed by atoms with van der Waals surface area (Å²) in [6, 6.07) is 3.92. The molecule has 0 unspecified atom stereocenters. The van der Waals surface area contributed by atoms with Gasteiger partial charge in [0.2, 0.25) is 5.91 Å². The van der Waals surface area contributed by atoms with Crippen LogP contribution in [0.1, 0.15) is 48.9 Å². The Morgan fingerprint density at radius 2 is 1.96 bits per heavy atom. The van der Waals surface area contributed by atoms with E-state index < -0.39 is 12.5 Å². The van der Waals surface area contributed by atoms with Crippen molar-refractivity contribution in [2.24, 2.45) is 11.7 Å². The number of amides is 2. The third-order valence-corrected chi connectivity index (χ3v) is 4.58. The van der Waals surface area contributed by atoms with Crippen LogP contribution in [-0.4, -0.2) is 31.5 Å². The smallest absolute Gasteiger partial charge is 0.387 e. The van der Waals surface area contributed by atoms with Gasteiger partial charge in [0.15, 0.2) is 0 Å². The molecule has 1 aromatic carbocycles. The molecule has 1 saturated carbocycles. The molecule has 6 nitrogen and oxygen atoms in total. The summed E-state index contributed by atoms with van der Waals surface area (Å²) >= 11 is 0. The number of halogens is 2. The summed E-state index contributed by atoms with van der Waals surface area (Å²) in [6.07, 6.45) is 8.65. The van der Waals surface area contributed by atoms with Crippen molar-refractivity contribution in [2.45, 2.75) is 45.1 Å². The van der Waals surface area contributed by atoms with Crippen LogP contribution in [0.25, 0.3) is 0 Å². The molecule has 1 aliphatic carbocycles. The molecule has 149 valence electrons. The highest BCUT2D eigenvalue weighted by molar-refractivity contribution is 5.99. The van der Waals surface area contributed by atoms with E-state index in [0.29, 0.717) is 24.7 Å². The molecule has 2 amide bonds. The van der Waals surface area contributed by atoms with Gasteiger partial charge in [-0.15, -0.1) is 0 Å². The van der Waals surface area contributed by atoms with Gasteiger partial charge in [0.1, 0.15) is 5.75 Å². The van der Waals surface area contributed by atoms with E-state index in [1.54, 1.807) is 6.42 Å². The molecule has 1 aromatic rings. The second kappa shape index (κ2) is 10.7. The fraction of sp³-hybridized carbons (Fsp3) is 0.526. The zero-order valence-corrected chi connectivity index (χ0v) is 15.2. The first-order valence-electron chi connectivity index (χ1n) is 9.19. The molecule has 0 aliphatic heterocycles. The molecule has 1 radical (unpaired) electrons. The Morgan fingerprint density at radius 3 is 2.63 bits per heavy atom.